The highest BCUT2D eigenvalue weighted by Gasteiger charge is 2.56. The molecule has 9 nitrogen and oxygen atoms in total. The van der Waals surface area contributed by atoms with Gasteiger partial charge in [-0.2, -0.15) is 13.2 Å². The fourth-order valence-corrected chi connectivity index (χ4v) is 7.77. The van der Waals surface area contributed by atoms with Crippen LogP contribution in [0.25, 0.3) is 0 Å². The Morgan fingerprint density at radius 2 is 1.68 bits per heavy atom. The summed E-state index contributed by atoms with van der Waals surface area (Å²) >= 11 is 2.15. The molecule has 44 heavy (non-hydrogen) atoms. The lowest BCUT2D eigenvalue weighted by atomic mass is 9.83. The third-order valence-corrected chi connectivity index (χ3v) is 9.64. The van der Waals surface area contributed by atoms with Crippen molar-refractivity contribution in [3.63, 3.8) is 0 Å². The normalized spacial score (nSPS) is 19.4. The summed E-state index contributed by atoms with van der Waals surface area (Å²) in [5, 5.41) is 2.16. The van der Waals surface area contributed by atoms with Gasteiger partial charge in [-0.1, -0.05) is 41.3 Å². The van der Waals surface area contributed by atoms with Gasteiger partial charge in [0.25, 0.3) is 5.91 Å². The van der Waals surface area contributed by atoms with Crippen molar-refractivity contribution < 1.29 is 37.0 Å². The summed E-state index contributed by atoms with van der Waals surface area (Å²) in [5.41, 5.74) is 0.170. The number of hydrogen-bond acceptors (Lipinski definition) is 8. The Morgan fingerprint density at radius 3 is 2.36 bits per heavy atom. The number of halogens is 3. The highest BCUT2D eigenvalue weighted by Crippen LogP contribution is 2.53. The van der Waals surface area contributed by atoms with E-state index in [1.807, 2.05) is 0 Å². The average molecular weight is 642 g/mol. The van der Waals surface area contributed by atoms with Gasteiger partial charge in [-0.25, -0.2) is 4.90 Å². The highest BCUT2D eigenvalue weighted by atomic mass is 32.2. The molecule has 4 aromatic rings. The number of carbonyl (C=O) groups excluding carboxylic acids is 3. The van der Waals surface area contributed by atoms with Gasteiger partial charge in [0.2, 0.25) is 11.8 Å². The van der Waals surface area contributed by atoms with Crippen LogP contribution in [0.5, 0.6) is 11.5 Å². The molecule has 0 saturated carbocycles. The maximum atomic E-state index is 13.8. The van der Waals surface area contributed by atoms with Crippen LogP contribution in [0.15, 0.2) is 82.6 Å². The van der Waals surface area contributed by atoms with Crippen LogP contribution in [0, 0.1) is 5.92 Å². The lowest BCUT2D eigenvalue weighted by Crippen LogP contribution is -2.32. The van der Waals surface area contributed by atoms with Crippen molar-refractivity contribution in [1.82, 2.24) is 4.98 Å². The zero-order chi connectivity index (χ0) is 31.2. The van der Waals surface area contributed by atoms with E-state index in [2.05, 4.69) is 10.3 Å². The summed E-state index contributed by atoms with van der Waals surface area (Å²) in [6, 6.07) is 17.4. The van der Waals surface area contributed by atoms with Crippen LogP contribution in [0.3, 0.4) is 0 Å². The van der Waals surface area contributed by atoms with E-state index in [1.165, 1.54) is 35.9 Å². The molecule has 0 bridgehead atoms. The van der Waals surface area contributed by atoms with Crippen LogP contribution >= 0.6 is 23.1 Å². The fourth-order valence-electron chi connectivity index (χ4n) is 5.25. The van der Waals surface area contributed by atoms with E-state index in [1.54, 1.807) is 48.5 Å². The van der Waals surface area contributed by atoms with E-state index in [4.69, 9.17) is 9.47 Å². The van der Waals surface area contributed by atoms with Crippen LogP contribution < -0.4 is 24.6 Å². The number of nitrogens with zero attached hydrogens (tertiary/aromatic N) is 1. The third kappa shape index (κ3) is 5.57. The Kier molecular flexibility index (Phi) is 7.72. The SMILES string of the molecule is COc1ccc(N2C(=O)C3Sc4[nH]c(=O)sc4[C@H](c4ccc(OCC(=O)Nc5cccc(C(F)(F)F)c5)cc4)C3C2=O)cc1. The van der Waals surface area contributed by atoms with E-state index in [9.17, 15) is 32.3 Å². The topological polar surface area (TPSA) is 118 Å². The van der Waals surface area contributed by atoms with Gasteiger partial charge in [-0.3, -0.25) is 19.2 Å². The molecule has 1 saturated heterocycles. The molecule has 3 amide bonds. The van der Waals surface area contributed by atoms with Crippen molar-refractivity contribution in [3.8, 4) is 11.5 Å². The number of amides is 3. The molecule has 3 heterocycles. The van der Waals surface area contributed by atoms with Gasteiger partial charge >= 0.3 is 11.0 Å². The number of hydrogen-bond donors (Lipinski definition) is 2. The van der Waals surface area contributed by atoms with E-state index in [0.717, 1.165) is 23.5 Å². The number of carbonyl (C=O) groups is 3. The minimum Gasteiger partial charge on any atom is -0.497 e. The number of fused-ring (bicyclic) bond motifs is 2. The lowest BCUT2D eigenvalue weighted by Gasteiger charge is -2.29. The summed E-state index contributed by atoms with van der Waals surface area (Å²) in [5.74, 6) is -1.93. The standard InChI is InChI=1S/C30H22F3N3O6S2/c1-41-19-11-7-18(8-12-19)36-27(38)23-22(24-26(35-29(40)44-24)43-25(23)28(36)39)15-5-9-20(10-6-15)42-14-21(37)34-17-4-2-3-16(13-17)30(31,32)33/h2-13,22-23,25H,14H2,1H3,(H,34,37)(H,35,40)/t22-,23?,25?/m1/s1. The molecule has 2 unspecified atom stereocenters. The minimum atomic E-state index is -4.54. The quantitative estimate of drug-likeness (QED) is 0.264. The summed E-state index contributed by atoms with van der Waals surface area (Å²) < 4.78 is 49.6. The van der Waals surface area contributed by atoms with E-state index >= 15 is 0 Å². The Labute approximate surface area is 256 Å². The Morgan fingerprint density at radius 1 is 0.977 bits per heavy atom. The number of aromatic nitrogens is 1. The van der Waals surface area contributed by atoms with Gasteiger partial charge < -0.3 is 19.8 Å². The molecule has 226 valence electrons. The number of imide groups is 1. The number of alkyl halides is 3. The van der Waals surface area contributed by atoms with Gasteiger partial charge in [0.1, 0.15) is 16.7 Å². The minimum absolute atomic E-state index is 0.0192. The summed E-state index contributed by atoms with van der Waals surface area (Å²) in [7, 11) is 1.52. The molecule has 1 fully saturated rings. The zero-order valence-corrected chi connectivity index (χ0v) is 24.3. The van der Waals surface area contributed by atoms with Crippen LogP contribution in [-0.4, -0.2) is 41.7 Å². The Bertz CT molecular complexity index is 1800. The van der Waals surface area contributed by atoms with Crippen molar-refractivity contribution in [3.05, 3.63) is 98.5 Å². The molecule has 14 heteroatoms. The first-order chi connectivity index (χ1) is 21.0. The first-order valence-electron chi connectivity index (χ1n) is 13.1. The Hall–Kier alpha value is -4.56. The molecule has 6 rings (SSSR count). The zero-order valence-electron chi connectivity index (χ0n) is 22.7. The molecule has 3 aromatic carbocycles. The number of anilines is 2. The van der Waals surface area contributed by atoms with Crippen LogP contribution in [0.2, 0.25) is 0 Å². The molecule has 0 radical (unpaired) electrons. The number of benzene rings is 3. The number of thioether (sulfide) groups is 1. The second-order valence-electron chi connectivity index (χ2n) is 9.94. The molecule has 0 aliphatic carbocycles. The lowest BCUT2D eigenvalue weighted by molar-refractivity contribution is -0.137. The van der Waals surface area contributed by atoms with Crippen molar-refractivity contribution >= 4 is 52.2 Å². The van der Waals surface area contributed by atoms with E-state index < -0.39 is 41.3 Å². The smallest absolute Gasteiger partial charge is 0.416 e. The largest absolute Gasteiger partial charge is 0.497 e. The van der Waals surface area contributed by atoms with Crippen LogP contribution in [0.1, 0.15) is 21.9 Å². The number of H-pyrrole nitrogens is 1. The van der Waals surface area contributed by atoms with Gasteiger partial charge in [0, 0.05) is 16.5 Å². The third-order valence-electron chi connectivity index (χ3n) is 7.24. The highest BCUT2D eigenvalue weighted by molar-refractivity contribution is 8.00. The van der Waals surface area contributed by atoms with E-state index in [0.29, 0.717) is 32.7 Å². The number of aromatic amines is 1. The maximum Gasteiger partial charge on any atom is 0.416 e. The number of rotatable bonds is 7. The summed E-state index contributed by atoms with van der Waals surface area (Å²) in [6.07, 6.45) is -4.54. The predicted octanol–water partition coefficient (Wildman–Crippen LogP) is 5.28. The summed E-state index contributed by atoms with van der Waals surface area (Å²) in [4.78, 5) is 56.3. The number of nitrogens with one attached hydrogen (secondary N) is 2. The molecular weight excluding hydrogens is 619 g/mol. The molecule has 2 N–H and O–H groups in total. The average Bonchev–Trinajstić information content (AvgIpc) is 3.50. The number of ether oxygens (including phenoxy) is 2. The monoisotopic (exact) mass is 641 g/mol. The van der Waals surface area contributed by atoms with Gasteiger partial charge in [-0.05, 0) is 60.2 Å². The molecule has 3 atom stereocenters. The van der Waals surface area contributed by atoms with E-state index in [-0.39, 0.29) is 22.4 Å². The molecule has 0 spiro atoms. The van der Waals surface area contributed by atoms with Gasteiger partial charge in [0.15, 0.2) is 6.61 Å². The van der Waals surface area contributed by atoms with Crippen LogP contribution in [0.4, 0.5) is 24.5 Å². The fraction of sp³-hybridized carbons (Fsp3) is 0.200. The summed E-state index contributed by atoms with van der Waals surface area (Å²) in [6.45, 7) is -0.465. The first kappa shape index (κ1) is 29.5. The Balaban J connectivity index is 1.21. The number of methoxy groups -OCH3 is 1. The molecular formula is C30H22F3N3O6S2. The van der Waals surface area contributed by atoms with Gasteiger partial charge in [-0.15, -0.1) is 0 Å². The predicted molar refractivity (Wildman–Crippen MR) is 157 cm³/mol. The van der Waals surface area contributed by atoms with Crippen molar-refractivity contribution in [2.24, 2.45) is 5.92 Å². The molecule has 1 aromatic heterocycles. The van der Waals surface area contributed by atoms with Crippen molar-refractivity contribution in [2.75, 3.05) is 23.9 Å². The molecule has 2 aliphatic rings. The van der Waals surface area contributed by atoms with Crippen molar-refractivity contribution in [1.29, 1.82) is 0 Å². The first-order valence-corrected chi connectivity index (χ1v) is 14.8. The second kappa shape index (κ2) is 11.5. The maximum absolute atomic E-state index is 13.8. The van der Waals surface area contributed by atoms with Gasteiger partial charge in [0.05, 0.1) is 29.3 Å². The van der Waals surface area contributed by atoms with Crippen LogP contribution in [-0.2, 0) is 20.6 Å². The second-order valence-corrected chi connectivity index (χ2v) is 12.1. The number of thiazole rings is 1. The van der Waals surface area contributed by atoms with Crippen molar-refractivity contribution in [2.45, 2.75) is 22.4 Å². The molecule has 2 aliphatic heterocycles.